The van der Waals surface area contributed by atoms with E-state index in [2.05, 4.69) is 17.2 Å². The number of nitrogen functional groups attached to an aromatic ring is 1. The topological polar surface area (TPSA) is 60.2 Å². The van der Waals surface area contributed by atoms with E-state index in [9.17, 15) is 0 Å². The highest BCUT2D eigenvalue weighted by Gasteiger charge is 2.14. The smallest absolute Gasteiger partial charge is 0.128 e. The van der Waals surface area contributed by atoms with Crippen molar-refractivity contribution in [1.29, 1.82) is 0 Å². The minimum absolute atomic E-state index is 0.140. The van der Waals surface area contributed by atoms with E-state index in [1.165, 1.54) is 0 Å². The van der Waals surface area contributed by atoms with Crippen LogP contribution >= 0.6 is 11.6 Å². The van der Waals surface area contributed by atoms with E-state index in [0.717, 1.165) is 24.9 Å². The summed E-state index contributed by atoms with van der Waals surface area (Å²) in [4.78, 5) is 4.08. The van der Waals surface area contributed by atoms with Crippen LogP contribution in [0.1, 0.15) is 31.4 Å². The van der Waals surface area contributed by atoms with Crippen LogP contribution in [-0.2, 0) is 4.74 Å². The first-order valence-corrected chi connectivity index (χ1v) is 6.20. The minimum Gasteiger partial charge on any atom is -0.385 e. The fraction of sp³-hybridized carbons (Fsp3) is 0.583. The highest BCUT2D eigenvalue weighted by Crippen LogP contribution is 2.24. The minimum atomic E-state index is 0.140. The van der Waals surface area contributed by atoms with Crippen molar-refractivity contribution in [1.82, 2.24) is 10.3 Å². The number of hydrogen-bond donors (Lipinski definition) is 2. The molecule has 1 unspecified atom stereocenters. The van der Waals surface area contributed by atoms with Crippen LogP contribution in [0.25, 0.3) is 0 Å². The van der Waals surface area contributed by atoms with Crippen LogP contribution in [0.4, 0.5) is 5.82 Å². The lowest BCUT2D eigenvalue weighted by Crippen LogP contribution is -2.24. The standard InChI is InChI=1S/C12H20ClN3O/c1-3-5-15-11(4-6-17-2)10-7-9(13)8-16-12(10)14/h7-8,11,15H,3-6H2,1-2H3,(H2,14,16). The lowest BCUT2D eigenvalue weighted by atomic mass is 10.0. The molecule has 0 radical (unpaired) electrons. The van der Waals surface area contributed by atoms with Gasteiger partial charge in [-0.2, -0.15) is 0 Å². The van der Waals surface area contributed by atoms with Gasteiger partial charge in [0.1, 0.15) is 5.82 Å². The molecule has 17 heavy (non-hydrogen) atoms. The summed E-state index contributed by atoms with van der Waals surface area (Å²) < 4.78 is 5.11. The van der Waals surface area contributed by atoms with Gasteiger partial charge in [-0.15, -0.1) is 0 Å². The van der Waals surface area contributed by atoms with E-state index < -0.39 is 0 Å². The molecule has 0 aliphatic rings. The fourth-order valence-corrected chi connectivity index (χ4v) is 1.83. The van der Waals surface area contributed by atoms with Crippen LogP contribution in [0.2, 0.25) is 5.02 Å². The molecule has 3 N–H and O–H groups in total. The van der Waals surface area contributed by atoms with Crippen LogP contribution in [0, 0.1) is 0 Å². The molecule has 0 aliphatic heterocycles. The second-order valence-electron chi connectivity index (χ2n) is 3.92. The van der Waals surface area contributed by atoms with Crippen LogP contribution in [0.5, 0.6) is 0 Å². The van der Waals surface area contributed by atoms with Crippen molar-refractivity contribution in [2.45, 2.75) is 25.8 Å². The number of hydrogen-bond acceptors (Lipinski definition) is 4. The Hall–Kier alpha value is -0.840. The van der Waals surface area contributed by atoms with E-state index in [1.807, 2.05) is 6.07 Å². The molecule has 0 spiro atoms. The Morgan fingerprint density at radius 1 is 1.59 bits per heavy atom. The van der Waals surface area contributed by atoms with Gasteiger partial charge in [0.05, 0.1) is 5.02 Å². The first-order valence-electron chi connectivity index (χ1n) is 5.82. The van der Waals surface area contributed by atoms with Gasteiger partial charge in [0.25, 0.3) is 0 Å². The van der Waals surface area contributed by atoms with Crippen molar-refractivity contribution in [2.75, 3.05) is 26.0 Å². The zero-order chi connectivity index (χ0) is 12.7. The van der Waals surface area contributed by atoms with E-state index in [1.54, 1.807) is 13.3 Å². The number of nitrogens with two attached hydrogens (primary N) is 1. The maximum Gasteiger partial charge on any atom is 0.128 e. The quantitative estimate of drug-likeness (QED) is 0.788. The Kier molecular flexibility index (Phi) is 6.26. The van der Waals surface area contributed by atoms with Crippen LogP contribution in [0.15, 0.2) is 12.3 Å². The van der Waals surface area contributed by atoms with Crippen molar-refractivity contribution in [3.05, 3.63) is 22.8 Å². The fourth-order valence-electron chi connectivity index (χ4n) is 1.67. The first-order chi connectivity index (χ1) is 8.19. The zero-order valence-electron chi connectivity index (χ0n) is 10.4. The molecule has 1 heterocycles. The maximum atomic E-state index is 5.95. The largest absolute Gasteiger partial charge is 0.385 e. The molecule has 4 nitrogen and oxygen atoms in total. The number of methoxy groups -OCH3 is 1. The molecule has 0 fully saturated rings. The number of anilines is 1. The summed E-state index contributed by atoms with van der Waals surface area (Å²) >= 11 is 5.95. The predicted octanol–water partition coefficient (Wildman–Crippen LogP) is 2.39. The number of nitrogens with zero attached hydrogens (tertiary/aromatic N) is 1. The predicted molar refractivity (Wildman–Crippen MR) is 71.2 cm³/mol. The average molecular weight is 258 g/mol. The van der Waals surface area contributed by atoms with Gasteiger partial charge in [-0.25, -0.2) is 4.98 Å². The molecule has 0 bridgehead atoms. The molecule has 5 heteroatoms. The lowest BCUT2D eigenvalue weighted by Gasteiger charge is -2.20. The Bertz CT molecular complexity index is 339. The normalized spacial score (nSPS) is 12.6. The molecule has 1 rings (SSSR count). The van der Waals surface area contributed by atoms with Crippen LogP contribution < -0.4 is 11.1 Å². The van der Waals surface area contributed by atoms with Crippen molar-refractivity contribution in [3.8, 4) is 0 Å². The molecule has 0 saturated carbocycles. The molecule has 96 valence electrons. The number of aromatic nitrogens is 1. The van der Waals surface area contributed by atoms with Gasteiger partial charge >= 0.3 is 0 Å². The van der Waals surface area contributed by atoms with Gasteiger partial charge in [-0.1, -0.05) is 18.5 Å². The maximum absolute atomic E-state index is 5.95. The Morgan fingerprint density at radius 2 is 2.35 bits per heavy atom. The Morgan fingerprint density at radius 3 is 3.00 bits per heavy atom. The molecule has 0 amide bonds. The second-order valence-corrected chi connectivity index (χ2v) is 4.35. The lowest BCUT2D eigenvalue weighted by molar-refractivity contribution is 0.183. The molecular formula is C12H20ClN3O. The molecule has 0 aliphatic carbocycles. The van der Waals surface area contributed by atoms with E-state index >= 15 is 0 Å². The SMILES string of the molecule is CCCNC(CCOC)c1cc(Cl)cnc1N. The highest BCUT2D eigenvalue weighted by atomic mass is 35.5. The average Bonchev–Trinajstić information content (AvgIpc) is 2.33. The zero-order valence-corrected chi connectivity index (χ0v) is 11.1. The van der Waals surface area contributed by atoms with Gasteiger partial charge in [0.15, 0.2) is 0 Å². The van der Waals surface area contributed by atoms with Gasteiger partial charge in [0, 0.05) is 31.5 Å². The monoisotopic (exact) mass is 257 g/mol. The Labute approximate surface area is 108 Å². The summed E-state index contributed by atoms with van der Waals surface area (Å²) in [5.74, 6) is 0.527. The summed E-state index contributed by atoms with van der Waals surface area (Å²) in [6, 6.07) is 2.01. The van der Waals surface area contributed by atoms with Gasteiger partial charge in [0.2, 0.25) is 0 Å². The summed E-state index contributed by atoms with van der Waals surface area (Å²) in [6.45, 7) is 3.73. The van der Waals surface area contributed by atoms with Crippen LogP contribution in [-0.4, -0.2) is 25.2 Å². The van der Waals surface area contributed by atoms with Crippen molar-refractivity contribution in [2.24, 2.45) is 0 Å². The summed E-state index contributed by atoms with van der Waals surface area (Å²) in [5, 5.41) is 4.04. The summed E-state index contributed by atoms with van der Waals surface area (Å²) in [7, 11) is 1.69. The summed E-state index contributed by atoms with van der Waals surface area (Å²) in [6.07, 6.45) is 3.48. The molecule has 1 aromatic heterocycles. The third-order valence-corrected chi connectivity index (χ3v) is 2.75. The van der Waals surface area contributed by atoms with Gasteiger partial charge in [-0.05, 0) is 25.5 Å². The summed E-state index contributed by atoms with van der Waals surface area (Å²) in [5.41, 5.74) is 6.83. The number of nitrogens with one attached hydrogen (secondary N) is 1. The third kappa shape index (κ3) is 4.50. The van der Waals surface area contributed by atoms with Gasteiger partial charge in [-0.3, -0.25) is 0 Å². The van der Waals surface area contributed by atoms with E-state index in [0.29, 0.717) is 17.4 Å². The van der Waals surface area contributed by atoms with E-state index in [-0.39, 0.29) is 6.04 Å². The number of halogens is 1. The van der Waals surface area contributed by atoms with Crippen molar-refractivity contribution in [3.63, 3.8) is 0 Å². The molecule has 0 aromatic carbocycles. The van der Waals surface area contributed by atoms with Crippen molar-refractivity contribution >= 4 is 17.4 Å². The van der Waals surface area contributed by atoms with E-state index in [4.69, 9.17) is 22.1 Å². The number of rotatable bonds is 7. The van der Waals surface area contributed by atoms with Crippen LogP contribution in [0.3, 0.4) is 0 Å². The third-order valence-electron chi connectivity index (χ3n) is 2.54. The van der Waals surface area contributed by atoms with Crippen molar-refractivity contribution < 1.29 is 4.74 Å². The number of pyridine rings is 1. The molecule has 1 aromatic rings. The van der Waals surface area contributed by atoms with Gasteiger partial charge < -0.3 is 15.8 Å². The first kappa shape index (κ1) is 14.2. The molecule has 0 saturated heterocycles. The second kappa shape index (κ2) is 7.48. The Balaban J connectivity index is 2.82. The molecular weight excluding hydrogens is 238 g/mol. The molecule has 1 atom stereocenters. The highest BCUT2D eigenvalue weighted by molar-refractivity contribution is 6.30. The number of ether oxygens (including phenoxy) is 1.